The van der Waals surface area contributed by atoms with Crippen molar-refractivity contribution in [3.63, 3.8) is 0 Å². The minimum atomic E-state index is -0.558. The fraction of sp³-hybridized carbons (Fsp3) is 0.300. The van der Waals surface area contributed by atoms with Crippen molar-refractivity contribution in [2.75, 3.05) is 11.5 Å². The Morgan fingerprint density at radius 1 is 1.19 bits per heavy atom. The van der Waals surface area contributed by atoms with Gasteiger partial charge in [-0.15, -0.1) is 0 Å². The summed E-state index contributed by atoms with van der Waals surface area (Å²) in [4.78, 5) is 26.2. The maximum absolute atomic E-state index is 12.4. The summed E-state index contributed by atoms with van der Waals surface area (Å²) in [6.07, 6.45) is 0.791. The normalized spacial score (nSPS) is 17.8. The molecule has 0 spiro atoms. The van der Waals surface area contributed by atoms with Crippen LogP contribution in [0.25, 0.3) is 0 Å². The zero-order valence-corrected chi connectivity index (χ0v) is 14.6. The van der Waals surface area contributed by atoms with Gasteiger partial charge in [0.25, 0.3) is 0 Å². The smallest absolute Gasteiger partial charge is 0.243 e. The Labute approximate surface area is 152 Å². The van der Waals surface area contributed by atoms with E-state index in [2.05, 4.69) is 5.32 Å². The average Bonchev–Trinajstić information content (AvgIpc) is 3.05. The van der Waals surface area contributed by atoms with Crippen LogP contribution in [0, 0.1) is 0 Å². The lowest BCUT2D eigenvalue weighted by Gasteiger charge is -2.25. The molecule has 1 saturated heterocycles. The van der Waals surface area contributed by atoms with E-state index in [1.165, 1.54) is 4.90 Å². The number of ether oxygens (including phenoxy) is 1. The second-order valence-corrected chi connectivity index (χ2v) is 6.32. The Bertz CT molecular complexity index is 761. The van der Waals surface area contributed by atoms with Crippen molar-refractivity contribution >= 4 is 17.5 Å². The number of carbonyl (C=O) groups excluding carboxylic acids is 2. The van der Waals surface area contributed by atoms with Crippen molar-refractivity contribution in [3.05, 3.63) is 54.6 Å². The fourth-order valence-electron chi connectivity index (χ4n) is 2.94. The number of nitrogens with zero attached hydrogens (tertiary/aromatic N) is 1. The standard InChI is InChI=1S/C20H22N2O4/c1-14(13-23)21-20(25)18-11-12-19(24)22(18)15-7-9-17(10-8-15)26-16-5-3-2-4-6-16/h2-10,14,18,23H,11-13H2,1H3,(H,21,25). The number of aliphatic hydroxyl groups is 1. The van der Waals surface area contributed by atoms with Crippen molar-refractivity contribution in [2.24, 2.45) is 0 Å². The third-order valence-electron chi connectivity index (χ3n) is 4.27. The molecule has 2 amide bonds. The molecule has 1 aliphatic heterocycles. The molecule has 2 N–H and O–H groups in total. The lowest BCUT2D eigenvalue weighted by Crippen LogP contribution is -2.48. The van der Waals surface area contributed by atoms with Crippen LogP contribution < -0.4 is 15.0 Å². The summed E-state index contributed by atoms with van der Waals surface area (Å²) in [5.74, 6) is 1.05. The molecule has 1 fully saturated rings. The van der Waals surface area contributed by atoms with Gasteiger partial charge in [0, 0.05) is 18.2 Å². The van der Waals surface area contributed by atoms with E-state index in [0.29, 0.717) is 24.3 Å². The van der Waals surface area contributed by atoms with Gasteiger partial charge in [0.2, 0.25) is 11.8 Å². The number of nitrogens with one attached hydrogen (secondary N) is 1. The Morgan fingerprint density at radius 2 is 1.85 bits per heavy atom. The highest BCUT2D eigenvalue weighted by Gasteiger charge is 2.37. The number of hydrogen-bond donors (Lipinski definition) is 2. The van der Waals surface area contributed by atoms with E-state index in [9.17, 15) is 9.59 Å². The first-order chi connectivity index (χ1) is 12.6. The molecule has 2 aromatic carbocycles. The Balaban J connectivity index is 1.73. The van der Waals surface area contributed by atoms with Crippen LogP contribution in [0.1, 0.15) is 19.8 Å². The molecule has 2 atom stereocenters. The third kappa shape index (κ3) is 4.03. The third-order valence-corrected chi connectivity index (χ3v) is 4.27. The summed E-state index contributed by atoms with van der Waals surface area (Å²) in [7, 11) is 0. The van der Waals surface area contributed by atoms with Crippen LogP contribution in [0.2, 0.25) is 0 Å². The van der Waals surface area contributed by atoms with Crippen molar-refractivity contribution < 1.29 is 19.4 Å². The molecular formula is C20H22N2O4. The molecule has 26 heavy (non-hydrogen) atoms. The minimum absolute atomic E-state index is 0.0847. The Kier molecular flexibility index (Phi) is 5.53. The molecule has 6 heteroatoms. The molecule has 2 unspecified atom stereocenters. The number of anilines is 1. The lowest BCUT2D eigenvalue weighted by molar-refractivity contribution is -0.124. The van der Waals surface area contributed by atoms with Crippen molar-refractivity contribution in [3.8, 4) is 11.5 Å². The monoisotopic (exact) mass is 354 g/mol. The van der Waals surface area contributed by atoms with Crippen LogP contribution in [-0.4, -0.2) is 35.6 Å². The molecule has 0 aliphatic carbocycles. The zero-order valence-electron chi connectivity index (χ0n) is 14.6. The van der Waals surface area contributed by atoms with E-state index in [1.54, 1.807) is 31.2 Å². The fourth-order valence-corrected chi connectivity index (χ4v) is 2.94. The summed E-state index contributed by atoms with van der Waals surface area (Å²) in [5.41, 5.74) is 0.657. The van der Waals surface area contributed by atoms with Gasteiger partial charge >= 0.3 is 0 Å². The van der Waals surface area contributed by atoms with Crippen LogP contribution in [0.5, 0.6) is 11.5 Å². The van der Waals surface area contributed by atoms with E-state index in [-0.39, 0.29) is 24.5 Å². The first-order valence-electron chi connectivity index (χ1n) is 8.64. The largest absolute Gasteiger partial charge is 0.457 e. The highest BCUT2D eigenvalue weighted by Crippen LogP contribution is 2.30. The minimum Gasteiger partial charge on any atom is -0.457 e. The highest BCUT2D eigenvalue weighted by atomic mass is 16.5. The van der Waals surface area contributed by atoms with E-state index in [4.69, 9.17) is 9.84 Å². The maximum atomic E-state index is 12.4. The summed E-state index contributed by atoms with van der Waals surface area (Å²) in [5, 5.41) is 11.8. The van der Waals surface area contributed by atoms with E-state index >= 15 is 0 Å². The molecule has 6 nitrogen and oxygen atoms in total. The van der Waals surface area contributed by atoms with Gasteiger partial charge in [-0.3, -0.25) is 14.5 Å². The maximum Gasteiger partial charge on any atom is 0.243 e. The van der Waals surface area contributed by atoms with Crippen LogP contribution >= 0.6 is 0 Å². The van der Waals surface area contributed by atoms with E-state index in [1.807, 2.05) is 30.3 Å². The van der Waals surface area contributed by atoms with Gasteiger partial charge in [-0.25, -0.2) is 0 Å². The second-order valence-electron chi connectivity index (χ2n) is 6.32. The molecule has 3 rings (SSSR count). The number of aliphatic hydroxyl groups excluding tert-OH is 1. The predicted molar refractivity (Wildman–Crippen MR) is 98.2 cm³/mol. The molecule has 0 saturated carbocycles. The Hall–Kier alpha value is -2.86. The average molecular weight is 354 g/mol. The van der Waals surface area contributed by atoms with Gasteiger partial charge in [0.05, 0.1) is 6.61 Å². The van der Waals surface area contributed by atoms with Crippen LogP contribution in [-0.2, 0) is 9.59 Å². The summed E-state index contributed by atoms with van der Waals surface area (Å²) in [6.45, 7) is 1.58. The lowest BCUT2D eigenvalue weighted by atomic mass is 10.1. The number of hydrogen-bond acceptors (Lipinski definition) is 4. The predicted octanol–water partition coefficient (Wildman–Crippen LogP) is 2.47. The molecular weight excluding hydrogens is 332 g/mol. The topological polar surface area (TPSA) is 78.9 Å². The molecule has 0 bridgehead atoms. The summed E-state index contributed by atoms with van der Waals surface area (Å²) in [6, 6.07) is 15.6. The van der Waals surface area contributed by atoms with Gasteiger partial charge in [-0.2, -0.15) is 0 Å². The van der Waals surface area contributed by atoms with Crippen LogP contribution in [0.3, 0.4) is 0 Å². The number of benzene rings is 2. The second kappa shape index (κ2) is 8.01. The van der Waals surface area contributed by atoms with Crippen LogP contribution in [0.15, 0.2) is 54.6 Å². The number of rotatable bonds is 6. The molecule has 136 valence electrons. The molecule has 0 radical (unpaired) electrons. The SMILES string of the molecule is CC(CO)NC(=O)C1CCC(=O)N1c1ccc(Oc2ccccc2)cc1. The van der Waals surface area contributed by atoms with Gasteiger partial charge in [-0.05, 0) is 49.7 Å². The Morgan fingerprint density at radius 3 is 2.50 bits per heavy atom. The van der Waals surface area contributed by atoms with Crippen molar-refractivity contribution in [2.45, 2.75) is 31.8 Å². The van der Waals surface area contributed by atoms with Gasteiger partial charge in [-0.1, -0.05) is 18.2 Å². The number of amides is 2. The van der Waals surface area contributed by atoms with Gasteiger partial charge in [0.1, 0.15) is 17.5 Å². The van der Waals surface area contributed by atoms with Crippen molar-refractivity contribution in [1.82, 2.24) is 5.32 Å². The zero-order chi connectivity index (χ0) is 18.5. The number of carbonyl (C=O) groups is 2. The molecule has 2 aromatic rings. The summed E-state index contributed by atoms with van der Waals surface area (Å²) >= 11 is 0. The van der Waals surface area contributed by atoms with Gasteiger partial charge < -0.3 is 15.2 Å². The number of para-hydroxylation sites is 1. The summed E-state index contributed by atoms with van der Waals surface area (Å²) < 4.78 is 5.75. The highest BCUT2D eigenvalue weighted by molar-refractivity contribution is 6.03. The van der Waals surface area contributed by atoms with Gasteiger partial charge in [0.15, 0.2) is 0 Å². The van der Waals surface area contributed by atoms with E-state index in [0.717, 1.165) is 5.75 Å². The molecule has 1 heterocycles. The molecule has 1 aliphatic rings. The first kappa shape index (κ1) is 17.9. The first-order valence-corrected chi connectivity index (χ1v) is 8.64. The molecule has 0 aromatic heterocycles. The van der Waals surface area contributed by atoms with Crippen LogP contribution in [0.4, 0.5) is 5.69 Å². The van der Waals surface area contributed by atoms with E-state index < -0.39 is 6.04 Å². The quantitative estimate of drug-likeness (QED) is 0.835. The van der Waals surface area contributed by atoms with Crippen molar-refractivity contribution in [1.29, 1.82) is 0 Å².